The van der Waals surface area contributed by atoms with E-state index in [1.165, 1.54) is 25.7 Å². The van der Waals surface area contributed by atoms with Gasteiger partial charge >= 0.3 is 5.97 Å². The molecule has 4 rings (SSSR count). The fraction of sp³-hybridized carbons (Fsp3) is 0.452. The van der Waals surface area contributed by atoms with Crippen LogP contribution in [-0.4, -0.2) is 38.5 Å². The molecule has 1 atom stereocenters. The number of unbranched alkanes of at least 4 members (excludes halogenated alkanes) is 5. The lowest BCUT2D eigenvalue weighted by Crippen LogP contribution is -2.30. The maximum atomic E-state index is 13.1. The Morgan fingerprint density at radius 2 is 1.69 bits per heavy atom. The van der Waals surface area contributed by atoms with E-state index in [9.17, 15) is 9.90 Å². The van der Waals surface area contributed by atoms with Gasteiger partial charge < -0.3 is 28.9 Å². The van der Waals surface area contributed by atoms with Crippen LogP contribution < -0.4 is 14.2 Å². The summed E-state index contributed by atoms with van der Waals surface area (Å²) in [5, 5.41) is 11.9. The van der Waals surface area contributed by atoms with Gasteiger partial charge in [-0.3, -0.25) is 0 Å². The zero-order valence-corrected chi connectivity index (χ0v) is 23.2. The normalized spacial score (nSPS) is 18.6. The highest BCUT2D eigenvalue weighted by Gasteiger charge is 2.50. The minimum atomic E-state index is -2.00. The van der Waals surface area contributed by atoms with Crippen molar-refractivity contribution in [2.24, 2.45) is 0 Å². The molecule has 0 aromatic heterocycles. The van der Waals surface area contributed by atoms with E-state index in [2.05, 4.69) is 6.92 Å². The first-order valence-electron chi connectivity index (χ1n) is 13.6. The third-order valence-electron chi connectivity index (χ3n) is 7.04. The maximum absolute atomic E-state index is 13.1. The number of carbonyl (C=O) groups is 1. The van der Waals surface area contributed by atoms with Gasteiger partial charge in [0, 0.05) is 17.6 Å². The van der Waals surface area contributed by atoms with Crippen LogP contribution in [0.2, 0.25) is 0 Å². The Bertz CT molecular complexity index is 1230. The van der Waals surface area contributed by atoms with E-state index in [4.69, 9.17) is 28.7 Å². The molecule has 0 aliphatic carbocycles. The van der Waals surface area contributed by atoms with Crippen molar-refractivity contribution in [2.75, 3.05) is 27.4 Å². The Morgan fingerprint density at radius 3 is 2.38 bits per heavy atom. The van der Waals surface area contributed by atoms with E-state index < -0.39 is 11.8 Å². The number of esters is 1. The zero-order valence-electron chi connectivity index (χ0n) is 23.2. The van der Waals surface area contributed by atoms with Gasteiger partial charge in [0.1, 0.15) is 17.9 Å². The van der Waals surface area contributed by atoms with Crippen LogP contribution in [0.4, 0.5) is 0 Å². The smallest absolute Gasteiger partial charge is 0.345 e. The van der Waals surface area contributed by atoms with Crippen LogP contribution in [0.15, 0.2) is 59.4 Å². The Balaban J connectivity index is 1.59. The molecule has 0 radical (unpaired) electrons. The highest BCUT2D eigenvalue weighted by molar-refractivity contribution is 5.97. The van der Waals surface area contributed by atoms with Gasteiger partial charge in [0.2, 0.25) is 0 Å². The molecule has 0 amide bonds. The summed E-state index contributed by atoms with van der Waals surface area (Å²) in [6.07, 6.45) is 8.93. The topological polar surface area (TPSA) is 92.7 Å². The van der Waals surface area contributed by atoms with Gasteiger partial charge in [0.15, 0.2) is 17.3 Å². The lowest BCUT2D eigenvalue weighted by atomic mass is 9.89. The highest BCUT2D eigenvalue weighted by atomic mass is 17.2. The van der Waals surface area contributed by atoms with E-state index in [1.54, 1.807) is 38.5 Å². The van der Waals surface area contributed by atoms with Crippen LogP contribution in [0.25, 0.3) is 0 Å². The fourth-order valence-electron chi connectivity index (χ4n) is 4.91. The van der Waals surface area contributed by atoms with Crippen LogP contribution in [-0.2, 0) is 31.5 Å². The average molecular weight is 539 g/mol. The molecule has 2 aromatic carbocycles. The van der Waals surface area contributed by atoms with Gasteiger partial charge in [-0.05, 0) is 60.9 Å². The molecule has 2 heterocycles. The molecule has 2 aromatic rings. The number of cyclic esters (lactones) is 1. The van der Waals surface area contributed by atoms with E-state index in [1.807, 2.05) is 25.1 Å². The quantitative estimate of drug-likeness (QED) is 0.182. The number of hydrogen-bond donors (Lipinski definition) is 1. The minimum Gasteiger partial charge on any atom is -0.496 e. The Hall–Kier alpha value is -3.49. The van der Waals surface area contributed by atoms with Crippen molar-refractivity contribution < 1.29 is 38.6 Å². The van der Waals surface area contributed by atoms with E-state index in [0.29, 0.717) is 35.0 Å². The van der Waals surface area contributed by atoms with Crippen LogP contribution in [0.3, 0.4) is 0 Å². The first-order chi connectivity index (χ1) is 18.9. The van der Waals surface area contributed by atoms with Crippen LogP contribution >= 0.6 is 0 Å². The summed E-state index contributed by atoms with van der Waals surface area (Å²) in [7, 11) is 3.17. The summed E-state index contributed by atoms with van der Waals surface area (Å²) >= 11 is 0. The van der Waals surface area contributed by atoms with Crippen molar-refractivity contribution in [3.05, 3.63) is 76.1 Å². The summed E-state index contributed by atoms with van der Waals surface area (Å²) in [4.78, 5) is 23.3. The molecule has 0 saturated heterocycles. The molecule has 0 saturated carbocycles. The van der Waals surface area contributed by atoms with Gasteiger partial charge in [-0.2, -0.15) is 4.89 Å². The van der Waals surface area contributed by atoms with Crippen LogP contribution in [0, 0.1) is 6.92 Å². The van der Waals surface area contributed by atoms with E-state index in [-0.39, 0.29) is 24.4 Å². The number of rotatable bonds is 14. The van der Waals surface area contributed by atoms with Crippen molar-refractivity contribution in [3.8, 4) is 17.2 Å². The summed E-state index contributed by atoms with van der Waals surface area (Å²) < 4.78 is 22.6. The van der Waals surface area contributed by atoms with Crippen LogP contribution in [0.5, 0.6) is 17.2 Å². The number of hydrogen-bond acceptors (Lipinski definition) is 8. The predicted molar refractivity (Wildman–Crippen MR) is 145 cm³/mol. The average Bonchev–Trinajstić information content (AvgIpc) is 3.55. The van der Waals surface area contributed by atoms with Gasteiger partial charge in [0.25, 0.3) is 5.79 Å². The van der Waals surface area contributed by atoms with Gasteiger partial charge in [-0.15, -0.1) is 0 Å². The van der Waals surface area contributed by atoms with Gasteiger partial charge in [-0.1, -0.05) is 45.1 Å². The molecular formula is C31H38O8. The Labute approximate surface area is 230 Å². The molecule has 2 aliphatic rings. The predicted octanol–water partition coefficient (Wildman–Crippen LogP) is 5.84. The molecule has 210 valence electrons. The fourth-order valence-corrected chi connectivity index (χ4v) is 4.91. The molecule has 1 unspecified atom stereocenters. The number of ether oxygens (including phenoxy) is 4. The molecule has 2 aliphatic heterocycles. The molecule has 8 heteroatoms. The first kappa shape index (κ1) is 28.5. The number of benzene rings is 2. The van der Waals surface area contributed by atoms with Crippen molar-refractivity contribution in [2.45, 2.75) is 64.6 Å². The Morgan fingerprint density at radius 1 is 0.949 bits per heavy atom. The summed E-state index contributed by atoms with van der Waals surface area (Å²) in [5.74, 6) is -0.580. The second-order valence-electron chi connectivity index (χ2n) is 9.79. The molecular weight excluding hydrogens is 500 g/mol. The summed E-state index contributed by atoms with van der Waals surface area (Å²) in [6.45, 7) is 4.88. The van der Waals surface area contributed by atoms with Crippen LogP contribution in [0.1, 0.15) is 62.1 Å². The molecule has 39 heavy (non-hydrogen) atoms. The monoisotopic (exact) mass is 538 g/mol. The third kappa shape index (κ3) is 6.40. The van der Waals surface area contributed by atoms with E-state index in [0.717, 1.165) is 24.0 Å². The standard InChI is InChI=1S/C31H38O8/c1-5-6-7-8-9-10-16-36-26-13-11-22(20-28(26)35-4)19-24-29(27-15-17-37-39-27)30(32)38-31(24,33)23-12-14-25(34-3)21(2)18-23/h11-15,18,20,33H,5-10,16-17,19H2,1-4H3. The van der Waals surface area contributed by atoms with E-state index >= 15 is 0 Å². The van der Waals surface area contributed by atoms with Crippen molar-refractivity contribution in [3.63, 3.8) is 0 Å². The Kier molecular flexibility index (Phi) is 9.54. The largest absolute Gasteiger partial charge is 0.496 e. The molecule has 8 nitrogen and oxygen atoms in total. The van der Waals surface area contributed by atoms with Crippen molar-refractivity contribution >= 4 is 5.97 Å². The number of carbonyl (C=O) groups excluding carboxylic acids is 1. The third-order valence-corrected chi connectivity index (χ3v) is 7.04. The van der Waals surface area contributed by atoms with Crippen molar-refractivity contribution in [1.82, 2.24) is 0 Å². The first-order valence-corrected chi connectivity index (χ1v) is 13.6. The lowest BCUT2D eigenvalue weighted by Gasteiger charge is -2.26. The highest BCUT2D eigenvalue weighted by Crippen LogP contribution is 2.45. The second-order valence-corrected chi connectivity index (χ2v) is 9.79. The summed E-state index contributed by atoms with van der Waals surface area (Å²) in [6, 6.07) is 10.8. The second kappa shape index (κ2) is 13.0. The van der Waals surface area contributed by atoms with Gasteiger partial charge in [-0.25, -0.2) is 4.79 Å². The lowest BCUT2D eigenvalue weighted by molar-refractivity contribution is -0.231. The van der Waals surface area contributed by atoms with Crippen molar-refractivity contribution in [1.29, 1.82) is 0 Å². The summed E-state index contributed by atoms with van der Waals surface area (Å²) in [5.41, 5.74) is 2.49. The molecule has 0 spiro atoms. The number of methoxy groups -OCH3 is 2. The minimum absolute atomic E-state index is 0.144. The number of aliphatic hydroxyl groups is 1. The molecule has 0 bridgehead atoms. The maximum Gasteiger partial charge on any atom is 0.345 e. The SMILES string of the molecule is CCCCCCCCOc1ccc(CC2=C(C3=CCOO3)C(=O)OC2(O)c2ccc(OC)c(C)c2)cc1OC. The van der Waals surface area contributed by atoms with Gasteiger partial charge in [0.05, 0.1) is 20.8 Å². The number of aryl methyl sites for hydroxylation is 1. The molecule has 1 N–H and O–H groups in total. The zero-order chi connectivity index (χ0) is 27.8. The molecule has 0 fully saturated rings.